The average Bonchev–Trinajstić information content (AvgIpc) is 2.81. The molecule has 21 heavy (non-hydrogen) atoms. The Labute approximate surface area is 123 Å². The molecule has 1 aromatic heterocycles. The number of nitrogens with zero attached hydrogens (tertiary/aromatic N) is 3. The van der Waals surface area contributed by atoms with Crippen LogP contribution in [0.25, 0.3) is 0 Å². The van der Waals surface area contributed by atoms with Crippen LogP contribution in [0.1, 0.15) is 32.4 Å². The number of hydrogen-bond donors (Lipinski definition) is 2. The third-order valence-electron chi connectivity index (χ3n) is 3.47. The lowest BCUT2D eigenvalue weighted by Gasteiger charge is -2.17. The summed E-state index contributed by atoms with van der Waals surface area (Å²) in [5.74, 6) is 0.669. The minimum atomic E-state index is -0.443. The Morgan fingerprint density at radius 3 is 2.81 bits per heavy atom. The quantitative estimate of drug-likeness (QED) is 0.612. The number of nitro groups is 1. The molecule has 0 aliphatic carbocycles. The Morgan fingerprint density at radius 1 is 1.48 bits per heavy atom. The summed E-state index contributed by atoms with van der Waals surface area (Å²) in [4.78, 5) is 19.2. The van der Waals surface area contributed by atoms with Crippen LogP contribution >= 0.6 is 0 Å². The molecule has 8 heteroatoms. The fourth-order valence-electron chi connectivity index (χ4n) is 2.30. The molecule has 0 amide bonds. The van der Waals surface area contributed by atoms with Crippen molar-refractivity contribution in [3.05, 3.63) is 15.8 Å². The molecule has 2 N–H and O–H groups in total. The van der Waals surface area contributed by atoms with E-state index < -0.39 is 4.92 Å². The number of aromatic nitrogens is 2. The molecule has 2 rings (SSSR count). The smallest absolute Gasteiger partial charge is 0.332 e. The van der Waals surface area contributed by atoms with Crippen LogP contribution < -0.4 is 10.6 Å². The Balaban J connectivity index is 2.30. The minimum absolute atomic E-state index is 0.00641. The number of hydrogen-bond acceptors (Lipinski definition) is 7. The molecular formula is C13H21N5O3. The number of ether oxygens (including phenoxy) is 1. The second-order valence-electron chi connectivity index (χ2n) is 5.13. The molecular weight excluding hydrogens is 274 g/mol. The standard InChI is InChI=1S/C13H21N5O3/c1-4-6-14-13-15-8(2)11(18(19)20)12(17-13)16-10-5-7-21-9(10)3/h9-10H,4-7H2,1-3H3,(H2,14,15,16,17). The predicted octanol–water partition coefficient (Wildman–Crippen LogP) is 2.10. The van der Waals surface area contributed by atoms with Crippen molar-refractivity contribution in [2.24, 2.45) is 0 Å². The van der Waals surface area contributed by atoms with Crippen molar-refractivity contribution in [2.45, 2.75) is 45.8 Å². The molecule has 2 heterocycles. The van der Waals surface area contributed by atoms with Gasteiger partial charge in [-0.1, -0.05) is 6.92 Å². The highest BCUT2D eigenvalue weighted by Gasteiger charge is 2.29. The van der Waals surface area contributed by atoms with Gasteiger partial charge in [0.25, 0.3) is 0 Å². The van der Waals surface area contributed by atoms with Crippen molar-refractivity contribution in [2.75, 3.05) is 23.8 Å². The van der Waals surface area contributed by atoms with Crippen molar-refractivity contribution >= 4 is 17.5 Å². The summed E-state index contributed by atoms with van der Waals surface area (Å²) in [6, 6.07) is 0.0250. The summed E-state index contributed by atoms with van der Waals surface area (Å²) >= 11 is 0. The van der Waals surface area contributed by atoms with Gasteiger partial charge in [-0.15, -0.1) is 0 Å². The molecule has 1 fully saturated rings. The van der Waals surface area contributed by atoms with E-state index in [2.05, 4.69) is 20.6 Å². The summed E-state index contributed by atoms with van der Waals surface area (Å²) in [5.41, 5.74) is 0.277. The lowest BCUT2D eigenvalue weighted by Crippen LogP contribution is -2.28. The number of nitrogens with one attached hydrogen (secondary N) is 2. The molecule has 8 nitrogen and oxygen atoms in total. The Morgan fingerprint density at radius 2 is 2.24 bits per heavy atom. The summed E-state index contributed by atoms with van der Waals surface area (Å²) in [6.07, 6.45) is 1.74. The molecule has 0 spiro atoms. The summed E-state index contributed by atoms with van der Waals surface area (Å²) in [5, 5.41) is 17.5. The van der Waals surface area contributed by atoms with Gasteiger partial charge in [0.2, 0.25) is 11.8 Å². The largest absolute Gasteiger partial charge is 0.376 e. The van der Waals surface area contributed by atoms with Gasteiger partial charge in [0.1, 0.15) is 5.69 Å². The molecule has 0 bridgehead atoms. The van der Waals surface area contributed by atoms with Crippen molar-refractivity contribution in [3.8, 4) is 0 Å². The molecule has 1 aromatic rings. The van der Waals surface area contributed by atoms with Crippen LogP contribution in [0.4, 0.5) is 17.5 Å². The second-order valence-corrected chi connectivity index (χ2v) is 5.13. The number of aryl methyl sites for hydroxylation is 1. The first-order valence-electron chi connectivity index (χ1n) is 7.18. The van der Waals surface area contributed by atoms with Gasteiger partial charge < -0.3 is 15.4 Å². The van der Waals surface area contributed by atoms with Crippen molar-refractivity contribution in [1.29, 1.82) is 0 Å². The van der Waals surface area contributed by atoms with Gasteiger partial charge >= 0.3 is 5.69 Å². The van der Waals surface area contributed by atoms with Crippen molar-refractivity contribution < 1.29 is 9.66 Å². The Hall–Kier alpha value is -1.96. The maximum Gasteiger partial charge on any atom is 0.332 e. The van der Waals surface area contributed by atoms with Crippen LogP contribution in [0.3, 0.4) is 0 Å². The highest BCUT2D eigenvalue weighted by molar-refractivity contribution is 5.61. The molecule has 2 atom stereocenters. The zero-order chi connectivity index (χ0) is 15.4. The molecule has 1 saturated heterocycles. The van der Waals surface area contributed by atoms with E-state index in [0.717, 1.165) is 19.4 Å². The molecule has 0 saturated carbocycles. The Bertz CT molecular complexity index is 523. The lowest BCUT2D eigenvalue weighted by atomic mass is 10.1. The van der Waals surface area contributed by atoms with Crippen LogP contribution in [-0.2, 0) is 4.74 Å². The molecule has 0 aromatic carbocycles. The summed E-state index contributed by atoms with van der Waals surface area (Å²) in [7, 11) is 0. The van der Waals surface area contributed by atoms with Gasteiger partial charge in [-0.05, 0) is 26.7 Å². The number of anilines is 2. The fourth-order valence-corrected chi connectivity index (χ4v) is 2.30. The van der Waals surface area contributed by atoms with Crippen LogP contribution in [0.15, 0.2) is 0 Å². The monoisotopic (exact) mass is 295 g/mol. The predicted molar refractivity (Wildman–Crippen MR) is 79.6 cm³/mol. The zero-order valence-electron chi connectivity index (χ0n) is 12.5. The van der Waals surface area contributed by atoms with Crippen LogP contribution in [0.2, 0.25) is 0 Å². The molecule has 116 valence electrons. The van der Waals surface area contributed by atoms with Crippen LogP contribution in [0.5, 0.6) is 0 Å². The van der Waals surface area contributed by atoms with Gasteiger partial charge in [0, 0.05) is 13.2 Å². The number of rotatable bonds is 6. The first-order valence-corrected chi connectivity index (χ1v) is 7.18. The van der Waals surface area contributed by atoms with E-state index in [1.165, 1.54) is 0 Å². The van der Waals surface area contributed by atoms with Crippen LogP contribution in [-0.4, -0.2) is 40.2 Å². The van der Waals surface area contributed by atoms with Gasteiger partial charge in [-0.2, -0.15) is 4.98 Å². The molecule has 2 unspecified atom stereocenters. The van der Waals surface area contributed by atoms with Gasteiger partial charge in [-0.25, -0.2) is 4.98 Å². The zero-order valence-corrected chi connectivity index (χ0v) is 12.5. The van der Waals surface area contributed by atoms with Crippen LogP contribution in [0, 0.1) is 17.0 Å². The highest BCUT2D eigenvalue weighted by Crippen LogP contribution is 2.29. The highest BCUT2D eigenvalue weighted by atomic mass is 16.6. The second kappa shape index (κ2) is 6.66. The van der Waals surface area contributed by atoms with Gasteiger partial charge in [-0.3, -0.25) is 10.1 Å². The van der Waals surface area contributed by atoms with E-state index in [0.29, 0.717) is 18.2 Å². The third-order valence-corrected chi connectivity index (χ3v) is 3.47. The molecule has 1 aliphatic rings. The van der Waals surface area contributed by atoms with E-state index in [4.69, 9.17) is 4.74 Å². The maximum absolute atomic E-state index is 11.3. The van der Waals surface area contributed by atoms with E-state index >= 15 is 0 Å². The van der Waals surface area contributed by atoms with E-state index in [9.17, 15) is 10.1 Å². The lowest BCUT2D eigenvalue weighted by molar-refractivity contribution is -0.385. The van der Waals surface area contributed by atoms with E-state index in [-0.39, 0.29) is 23.7 Å². The molecule has 0 radical (unpaired) electrons. The topological polar surface area (TPSA) is 102 Å². The first kappa shape index (κ1) is 15.4. The fraction of sp³-hybridized carbons (Fsp3) is 0.692. The normalized spacial score (nSPS) is 21.3. The first-order chi connectivity index (χ1) is 10.0. The maximum atomic E-state index is 11.3. The minimum Gasteiger partial charge on any atom is -0.376 e. The molecule has 1 aliphatic heterocycles. The summed E-state index contributed by atoms with van der Waals surface area (Å²) < 4.78 is 5.47. The summed E-state index contributed by atoms with van der Waals surface area (Å²) in [6.45, 7) is 6.97. The van der Waals surface area contributed by atoms with E-state index in [1.54, 1.807) is 6.92 Å². The SMILES string of the molecule is CCCNc1nc(C)c([N+](=O)[O-])c(NC2CCOC2C)n1. The van der Waals surface area contributed by atoms with Gasteiger partial charge in [0.05, 0.1) is 17.1 Å². The third kappa shape index (κ3) is 3.57. The van der Waals surface area contributed by atoms with Gasteiger partial charge in [0.15, 0.2) is 0 Å². The Kier molecular flexibility index (Phi) is 4.89. The average molecular weight is 295 g/mol. The van der Waals surface area contributed by atoms with Crippen molar-refractivity contribution in [1.82, 2.24) is 9.97 Å². The van der Waals surface area contributed by atoms with Crippen molar-refractivity contribution in [3.63, 3.8) is 0 Å². The van der Waals surface area contributed by atoms with E-state index in [1.807, 2.05) is 13.8 Å².